The molecule has 1 heterocycles. The van der Waals surface area contributed by atoms with Crippen LogP contribution in [-0.2, 0) is 27.3 Å². The molecule has 210 valence electrons. The Morgan fingerprint density at radius 1 is 1.13 bits per heavy atom. The van der Waals surface area contributed by atoms with Crippen molar-refractivity contribution in [3.05, 3.63) is 71.3 Å². The van der Waals surface area contributed by atoms with E-state index in [0.29, 0.717) is 25.0 Å². The van der Waals surface area contributed by atoms with Crippen LogP contribution >= 0.6 is 11.8 Å². The van der Waals surface area contributed by atoms with Crippen LogP contribution in [0, 0.1) is 18.8 Å². The molecular formula is C30H39N3O5S. The van der Waals surface area contributed by atoms with Crippen LogP contribution in [0.15, 0.2) is 54.6 Å². The van der Waals surface area contributed by atoms with E-state index in [2.05, 4.69) is 17.6 Å². The third kappa shape index (κ3) is 7.33. The molecule has 2 fully saturated rings. The number of aliphatic hydroxyl groups excluding tert-OH is 1. The summed E-state index contributed by atoms with van der Waals surface area (Å²) >= 11 is 1.48. The normalized spacial score (nSPS) is 23.0. The van der Waals surface area contributed by atoms with Crippen molar-refractivity contribution < 1.29 is 24.2 Å². The van der Waals surface area contributed by atoms with Gasteiger partial charge in [0.25, 0.3) is 5.91 Å². The van der Waals surface area contributed by atoms with E-state index in [1.54, 1.807) is 0 Å². The Labute approximate surface area is 234 Å². The lowest BCUT2D eigenvalue weighted by Crippen LogP contribution is -2.58. The molecule has 2 aliphatic rings. The average Bonchev–Trinajstić information content (AvgIpc) is 3.53. The second-order valence-electron chi connectivity index (χ2n) is 11.2. The number of amides is 3. The highest BCUT2D eigenvalue weighted by Gasteiger charge is 2.49. The van der Waals surface area contributed by atoms with Crippen LogP contribution in [0.25, 0.3) is 0 Å². The quantitative estimate of drug-likeness (QED) is 0.415. The third-order valence-electron chi connectivity index (χ3n) is 7.73. The standard InChI is InChI=1S/C30H39N3O5S/c1-19-10-8-9-13-22(19)16-31-27(35)26-30(3,4)39-18-33(26)28(36)25(34)24(15-21-11-6-5-7-12-21)32-29(37)38-17-23-14-20(23)2/h5-13,20,23-26,34H,14-18H2,1-4H3,(H,31,35)(H,32,37)/t20?,23?,24-,25-,26+/m0/s1. The molecule has 39 heavy (non-hydrogen) atoms. The minimum atomic E-state index is -1.56. The first kappa shape index (κ1) is 29.0. The largest absolute Gasteiger partial charge is 0.449 e. The molecule has 9 heteroatoms. The summed E-state index contributed by atoms with van der Waals surface area (Å²) in [5.74, 6) is 0.279. The molecule has 4 rings (SSSR count). The number of benzene rings is 2. The Morgan fingerprint density at radius 3 is 2.46 bits per heavy atom. The predicted molar refractivity (Wildman–Crippen MR) is 152 cm³/mol. The number of rotatable bonds is 10. The fourth-order valence-corrected chi connectivity index (χ4v) is 6.10. The van der Waals surface area contributed by atoms with Crippen molar-refractivity contribution in [1.82, 2.24) is 15.5 Å². The number of aryl methyl sites for hydroxylation is 1. The molecule has 0 bridgehead atoms. The molecule has 3 amide bonds. The van der Waals surface area contributed by atoms with Crippen LogP contribution in [0.2, 0.25) is 0 Å². The van der Waals surface area contributed by atoms with E-state index in [1.165, 1.54) is 16.7 Å². The number of hydrogen-bond acceptors (Lipinski definition) is 6. The van der Waals surface area contributed by atoms with Gasteiger partial charge in [0.15, 0.2) is 6.10 Å². The fourth-order valence-electron chi connectivity index (χ4n) is 4.96. The molecular weight excluding hydrogens is 514 g/mol. The maximum atomic E-state index is 13.7. The van der Waals surface area contributed by atoms with Crippen molar-refractivity contribution in [3.8, 4) is 0 Å². The van der Waals surface area contributed by atoms with Gasteiger partial charge in [-0.25, -0.2) is 4.79 Å². The predicted octanol–water partition coefficient (Wildman–Crippen LogP) is 3.65. The van der Waals surface area contributed by atoms with Crippen molar-refractivity contribution in [3.63, 3.8) is 0 Å². The number of nitrogens with one attached hydrogen (secondary N) is 2. The lowest BCUT2D eigenvalue weighted by atomic mass is 9.97. The van der Waals surface area contributed by atoms with Crippen molar-refractivity contribution in [2.24, 2.45) is 11.8 Å². The number of thioether (sulfide) groups is 1. The van der Waals surface area contributed by atoms with Crippen LogP contribution in [0.3, 0.4) is 0 Å². The van der Waals surface area contributed by atoms with Gasteiger partial charge in [0.2, 0.25) is 5.91 Å². The van der Waals surface area contributed by atoms with E-state index in [9.17, 15) is 19.5 Å². The number of carbonyl (C=O) groups is 3. The average molecular weight is 554 g/mol. The first-order valence-electron chi connectivity index (χ1n) is 13.5. The molecule has 0 aromatic heterocycles. The van der Waals surface area contributed by atoms with Crippen LogP contribution in [0.5, 0.6) is 0 Å². The topological polar surface area (TPSA) is 108 Å². The van der Waals surface area contributed by atoms with Crippen molar-refractivity contribution in [2.45, 2.75) is 70.0 Å². The number of aliphatic hydroxyl groups is 1. The van der Waals surface area contributed by atoms with Gasteiger partial charge in [0, 0.05) is 11.3 Å². The zero-order chi connectivity index (χ0) is 28.2. The number of hydrogen-bond donors (Lipinski definition) is 3. The van der Waals surface area contributed by atoms with Crippen molar-refractivity contribution in [2.75, 3.05) is 12.5 Å². The number of ether oxygens (including phenoxy) is 1. The van der Waals surface area contributed by atoms with Gasteiger partial charge in [-0.3, -0.25) is 9.59 Å². The third-order valence-corrected chi connectivity index (χ3v) is 9.11. The van der Waals surface area contributed by atoms with Gasteiger partial charge in [-0.2, -0.15) is 0 Å². The highest BCUT2D eigenvalue weighted by molar-refractivity contribution is 8.00. The molecule has 2 aromatic carbocycles. The maximum absolute atomic E-state index is 13.7. The Bertz CT molecular complexity index is 1170. The molecule has 1 saturated heterocycles. The van der Waals surface area contributed by atoms with Crippen molar-refractivity contribution in [1.29, 1.82) is 0 Å². The molecule has 8 nitrogen and oxygen atoms in total. The van der Waals surface area contributed by atoms with Crippen LogP contribution in [-0.4, -0.2) is 63.3 Å². The summed E-state index contributed by atoms with van der Waals surface area (Å²) in [5, 5.41) is 17.0. The highest BCUT2D eigenvalue weighted by atomic mass is 32.2. The van der Waals surface area contributed by atoms with Gasteiger partial charge >= 0.3 is 6.09 Å². The van der Waals surface area contributed by atoms with E-state index in [0.717, 1.165) is 23.1 Å². The Balaban J connectivity index is 1.47. The van der Waals surface area contributed by atoms with E-state index >= 15 is 0 Å². The summed E-state index contributed by atoms with van der Waals surface area (Å²) < 4.78 is 4.82. The Hall–Kier alpha value is -3.04. The van der Waals surface area contributed by atoms with E-state index in [1.807, 2.05) is 75.4 Å². The summed E-state index contributed by atoms with van der Waals surface area (Å²) in [6, 6.07) is 15.5. The molecule has 2 unspecified atom stereocenters. The smallest absolute Gasteiger partial charge is 0.407 e. The molecule has 1 aliphatic carbocycles. The molecule has 2 aromatic rings. The zero-order valence-corrected chi connectivity index (χ0v) is 23.9. The van der Waals surface area contributed by atoms with Gasteiger partial charge in [0.05, 0.1) is 18.5 Å². The van der Waals surface area contributed by atoms with Gasteiger partial charge in [-0.05, 0) is 62.1 Å². The van der Waals surface area contributed by atoms with Gasteiger partial charge < -0.3 is 25.4 Å². The van der Waals surface area contributed by atoms with Crippen LogP contribution in [0.1, 0.15) is 43.9 Å². The van der Waals surface area contributed by atoms with Gasteiger partial charge in [-0.1, -0.05) is 61.5 Å². The van der Waals surface area contributed by atoms with Gasteiger partial charge in [-0.15, -0.1) is 11.8 Å². The first-order chi connectivity index (χ1) is 18.6. The summed E-state index contributed by atoms with van der Waals surface area (Å²) in [6.07, 6.45) is -0.960. The van der Waals surface area contributed by atoms with Gasteiger partial charge in [0.1, 0.15) is 6.04 Å². The Morgan fingerprint density at radius 2 is 1.79 bits per heavy atom. The first-order valence-corrected chi connectivity index (χ1v) is 14.5. The number of nitrogens with zero attached hydrogens (tertiary/aromatic N) is 1. The lowest BCUT2D eigenvalue weighted by Gasteiger charge is -2.33. The molecule has 0 spiro atoms. The van der Waals surface area contributed by atoms with E-state index < -0.39 is 34.9 Å². The number of alkyl carbamates (subject to hydrolysis) is 1. The summed E-state index contributed by atoms with van der Waals surface area (Å²) in [7, 11) is 0. The molecule has 1 aliphatic heterocycles. The minimum absolute atomic E-state index is 0.233. The monoisotopic (exact) mass is 553 g/mol. The minimum Gasteiger partial charge on any atom is -0.449 e. The molecule has 1 saturated carbocycles. The number of carbonyl (C=O) groups excluding carboxylic acids is 3. The second-order valence-corrected chi connectivity index (χ2v) is 12.8. The van der Waals surface area contributed by atoms with Crippen LogP contribution in [0.4, 0.5) is 4.79 Å². The fraction of sp³-hybridized carbons (Fsp3) is 0.500. The molecule has 5 atom stereocenters. The maximum Gasteiger partial charge on any atom is 0.407 e. The molecule has 0 radical (unpaired) electrons. The lowest BCUT2D eigenvalue weighted by molar-refractivity contribution is -0.147. The second kappa shape index (κ2) is 12.4. The SMILES string of the molecule is Cc1ccccc1CNC(=O)[C@H]1N(C(=O)[C@@H](O)[C@H](Cc2ccccc2)NC(=O)OCC2CC2C)CSC1(C)C. The Kier molecular flexibility index (Phi) is 9.23. The summed E-state index contributed by atoms with van der Waals surface area (Å²) in [5.41, 5.74) is 2.92. The summed E-state index contributed by atoms with van der Waals surface area (Å²) in [6.45, 7) is 8.59. The molecule has 3 N–H and O–H groups in total. The van der Waals surface area contributed by atoms with Crippen molar-refractivity contribution >= 4 is 29.7 Å². The summed E-state index contributed by atoms with van der Waals surface area (Å²) in [4.78, 5) is 41.2. The zero-order valence-electron chi connectivity index (χ0n) is 23.1. The van der Waals surface area contributed by atoms with E-state index in [4.69, 9.17) is 4.74 Å². The van der Waals surface area contributed by atoms with Crippen LogP contribution < -0.4 is 10.6 Å². The van der Waals surface area contributed by atoms with E-state index in [-0.39, 0.29) is 18.2 Å². The highest BCUT2D eigenvalue weighted by Crippen LogP contribution is 2.40.